The molecule has 3 fully saturated rings. The average molecular weight is 1530 g/mol. The van der Waals surface area contributed by atoms with E-state index >= 15 is 0 Å². The smallest absolute Gasteiger partial charge is 0.434 e. The molecule has 0 saturated carbocycles. The number of hydroxylamine groups is 5. The van der Waals surface area contributed by atoms with Crippen LogP contribution >= 0.6 is 0 Å². The van der Waals surface area contributed by atoms with Gasteiger partial charge in [0.25, 0.3) is 11.8 Å². The minimum Gasteiger partial charge on any atom is -0.496 e. The minimum absolute atomic E-state index is 0.0430. The van der Waals surface area contributed by atoms with E-state index in [1.165, 1.54) is 54.7 Å². The van der Waals surface area contributed by atoms with E-state index in [1.54, 1.807) is 45.5 Å². The maximum absolute atomic E-state index is 13.7. The Morgan fingerprint density at radius 3 is 1.05 bits per heavy atom. The quantitative estimate of drug-likeness (QED) is 0.0252. The molecule has 3 saturated heterocycles. The van der Waals surface area contributed by atoms with Crippen molar-refractivity contribution >= 4 is 30.0 Å². The van der Waals surface area contributed by atoms with Crippen LogP contribution in [0.4, 0.5) is 9.59 Å². The first-order chi connectivity index (χ1) is 53.7. The number of fused-ring (bicyclic) bond motifs is 6. The molecule has 29 nitrogen and oxygen atoms in total. The zero-order valence-corrected chi connectivity index (χ0v) is 63.6. The second-order valence-corrected chi connectivity index (χ2v) is 25.2. The van der Waals surface area contributed by atoms with Gasteiger partial charge in [-0.3, -0.25) is 14.4 Å². The number of hydrogen-bond donors (Lipinski definition) is 5. The van der Waals surface area contributed by atoms with Crippen LogP contribution in [0, 0.1) is 0 Å². The van der Waals surface area contributed by atoms with Crippen molar-refractivity contribution in [2.75, 3.05) is 117 Å². The van der Waals surface area contributed by atoms with Crippen molar-refractivity contribution in [2.24, 2.45) is 5.73 Å². The first-order valence-electron chi connectivity index (χ1n) is 36.3. The summed E-state index contributed by atoms with van der Waals surface area (Å²) >= 11 is 0. The van der Waals surface area contributed by atoms with Crippen LogP contribution in [0.25, 0.3) is 22.3 Å². The van der Waals surface area contributed by atoms with Crippen molar-refractivity contribution in [1.82, 2.24) is 26.2 Å². The highest BCUT2D eigenvalue weighted by Gasteiger charge is 2.35. The highest BCUT2D eigenvalue weighted by atomic mass is 16.8. The predicted octanol–water partition coefficient (Wildman–Crippen LogP) is 11.4. The number of rotatable bonds is 31. The van der Waals surface area contributed by atoms with Crippen LogP contribution < -0.4 is 64.5 Å². The van der Waals surface area contributed by atoms with Crippen molar-refractivity contribution in [1.29, 1.82) is 0 Å². The van der Waals surface area contributed by atoms with Gasteiger partial charge in [0.15, 0.2) is 38.7 Å². The number of hydrogen-bond acceptors (Lipinski definition) is 24. The van der Waals surface area contributed by atoms with Crippen molar-refractivity contribution in [3.63, 3.8) is 0 Å². The lowest BCUT2D eigenvalue weighted by atomic mass is 9.98. The van der Waals surface area contributed by atoms with Gasteiger partial charge in [0, 0.05) is 101 Å². The molecule has 2 aliphatic carbocycles. The highest BCUT2D eigenvalue weighted by Crippen LogP contribution is 2.47. The Bertz CT molecular complexity index is 3980. The van der Waals surface area contributed by atoms with Gasteiger partial charge in [-0.2, -0.15) is 15.6 Å². The highest BCUT2D eigenvalue weighted by molar-refractivity contribution is 5.81. The van der Waals surface area contributed by atoms with Crippen molar-refractivity contribution < 1.29 is 110 Å². The van der Waals surface area contributed by atoms with E-state index in [2.05, 4.69) is 70.4 Å². The Morgan fingerprint density at radius 2 is 0.745 bits per heavy atom. The number of likely N-dealkylation sites (N-methyl/N-ethyl adjacent to an activating group) is 2. The number of aliphatic carboxylic acids is 1. The molecule has 0 aromatic heterocycles. The van der Waals surface area contributed by atoms with E-state index in [-0.39, 0.29) is 75.2 Å². The number of benzene rings is 7. The van der Waals surface area contributed by atoms with Crippen LogP contribution in [0.3, 0.4) is 0 Å². The lowest BCUT2D eigenvalue weighted by Gasteiger charge is -2.30. The summed E-state index contributed by atoms with van der Waals surface area (Å²) in [5.74, 6) is 1.87. The first-order valence-corrected chi connectivity index (χ1v) is 36.3. The molecule has 592 valence electrons. The van der Waals surface area contributed by atoms with Gasteiger partial charge in [0.2, 0.25) is 0 Å². The maximum Gasteiger partial charge on any atom is 0.434 e. The summed E-state index contributed by atoms with van der Waals surface area (Å²) in [6.45, 7) is 1.53. The zero-order valence-electron chi connectivity index (χ0n) is 63.6. The SMILES string of the molecule is CN.CNC(=O)COc1cc(OC)c(CN(OC2CCCCO2)C(=O)OCC2c3ccccc3-c3ccccc32)c(OC)c1.CNC(=O)COc1cc(OC)c(CNOC2CCCCO2)c(OC)c1.COc1cc(OCC(=O)O)cc(OC)c1CN(OC1CCCCO1)C(=O)OCC1c2ccccc2-c2ccccc21. The Kier molecular flexibility index (Phi) is 32.6. The fourth-order valence-corrected chi connectivity index (χ4v) is 13.0. The molecular formula is C81H100N6O23. The molecule has 3 atom stereocenters. The fraction of sp³-hybridized carbons (Fsp3) is 0.420. The molecule has 0 spiro atoms. The van der Waals surface area contributed by atoms with Gasteiger partial charge in [-0.25, -0.2) is 24.1 Å². The van der Waals surface area contributed by atoms with Gasteiger partial charge in [-0.05, 0) is 90.1 Å². The third-order valence-electron chi connectivity index (χ3n) is 18.5. The second kappa shape index (κ2) is 42.9. The molecule has 6 N–H and O–H groups in total. The largest absolute Gasteiger partial charge is 0.496 e. The summed E-state index contributed by atoms with van der Waals surface area (Å²) in [6, 6.07) is 42.3. The third-order valence-corrected chi connectivity index (χ3v) is 18.5. The van der Waals surface area contributed by atoms with E-state index in [0.717, 1.165) is 112 Å². The topological polar surface area (TPSA) is 331 Å². The van der Waals surface area contributed by atoms with Gasteiger partial charge in [0.05, 0.1) is 79.0 Å². The molecule has 0 radical (unpaired) electrons. The number of carboxylic acids is 1. The molecule has 12 rings (SSSR count). The number of ether oxygens (including phenoxy) is 14. The summed E-state index contributed by atoms with van der Waals surface area (Å²) in [4.78, 5) is 78.9. The lowest BCUT2D eigenvalue weighted by molar-refractivity contribution is -0.276. The number of methoxy groups -OCH3 is 6. The van der Waals surface area contributed by atoms with E-state index in [1.807, 2.05) is 48.5 Å². The zero-order chi connectivity index (χ0) is 78.3. The first kappa shape index (κ1) is 83.4. The maximum atomic E-state index is 13.7. The molecule has 4 amide bonds. The Labute approximate surface area is 640 Å². The summed E-state index contributed by atoms with van der Waals surface area (Å²) in [7, 11) is 13.6. The molecule has 3 aliphatic heterocycles. The second-order valence-electron chi connectivity index (χ2n) is 25.2. The van der Waals surface area contributed by atoms with Gasteiger partial charge in [-0.15, -0.1) is 0 Å². The Balaban J connectivity index is 0.000000194. The van der Waals surface area contributed by atoms with E-state index < -0.39 is 37.3 Å². The van der Waals surface area contributed by atoms with Crippen molar-refractivity contribution in [3.8, 4) is 74.0 Å². The van der Waals surface area contributed by atoms with E-state index in [4.69, 9.17) is 85.9 Å². The molecule has 29 heteroatoms. The Morgan fingerprint density at radius 1 is 0.436 bits per heavy atom. The standard InChI is InChI=1S/C32H36N2O8.C31H33NO9.C17H26N2O6.CH5N/c1-33-30(35)20-40-21-16-28(37-2)26(29(17-21)38-3)18-34(42-31-14-8-9-15-39-31)32(36)41-19-27-24-12-6-4-10-22(24)23-11-5-7-13-25(23)27;1-36-27-15-20(39-19-29(33)34)16-28(37-2)25(27)17-32(41-30-13-7-8-14-38-30)31(35)40-18-26-23-11-5-3-9-21(23)22-10-4-6-12-24(22)26;1-18-16(20)11-24-12-8-14(21-2)13(15(9-12)22-3)10-19-25-17-6-4-5-7-23-17;1-2/h4-7,10-13,16-17,27,31H,8-9,14-15,18-20H2,1-3H3,(H,33,35);3-6,9-12,15-16,26,30H,7-8,13-14,17-19H2,1-2H3,(H,33,34);8-9,17,19H,4-7,10-11H2,1-3H3,(H,18,20);2H2,1H3. The van der Waals surface area contributed by atoms with Gasteiger partial charge in [-0.1, -0.05) is 97.1 Å². The van der Waals surface area contributed by atoms with Crippen LogP contribution in [0.1, 0.15) is 109 Å². The van der Waals surface area contributed by atoms with Gasteiger partial charge in [0.1, 0.15) is 65.0 Å². The third kappa shape index (κ3) is 22.5. The summed E-state index contributed by atoms with van der Waals surface area (Å²) in [6.07, 6.45) is 5.21. The summed E-state index contributed by atoms with van der Waals surface area (Å²) in [5.41, 5.74) is 18.2. The van der Waals surface area contributed by atoms with Crippen LogP contribution in [-0.4, -0.2) is 181 Å². The van der Waals surface area contributed by atoms with Crippen molar-refractivity contribution in [3.05, 3.63) is 172 Å². The molecule has 3 heterocycles. The van der Waals surface area contributed by atoms with Crippen LogP contribution in [0.2, 0.25) is 0 Å². The predicted molar refractivity (Wildman–Crippen MR) is 403 cm³/mol. The number of nitrogens with two attached hydrogens (primary N) is 1. The number of nitrogens with zero attached hydrogens (tertiary/aromatic N) is 2. The van der Waals surface area contributed by atoms with E-state index in [0.29, 0.717) is 89.7 Å². The molecule has 7 aromatic carbocycles. The van der Waals surface area contributed by atoms with Gasteiger partial charge < -0.3 is 87.8 Å². The number of carbonyl (C=O) groups excluding carboxylic acids is 4. The molecular weight excluding hydrogens is 1420 g/mol. The summed E-state index contributed by atoms with van der Waals surface area (Å²) in [5, 5.41) is 16.3. The van der Waals surface area contributed by atoms with Crippen LogP contribution in [-0.2, 0) is 72.2 Å². The van der Waals surface area contributed by atoms with Crippen molar-refractivity contribution in [2.45, 2.75) is 108 Å². The normalized spacial score (nSPS) is 15.9. The molecule has 3 unspecified atom stereocenters. The molecule has 5 aliphatic rings. The number of carboxylic acid groups (broad SMARTS) is 1. The minimum atomic E-state index is -1.12. The number of amides is 4. The number of nitrogens with one attached hydrogen (secondary N) is 3. The molecule has 7 aromatic rings. The number of carbonyl (C=O) groups is 5. The van der Waals surface area contributed by atoms with Gasteiger partial charge >= 0.3 is 18.2 Å². The molecule has 110 heavy (non-hydrogen) atoms. The van der Waals surface area contributed by atoms with E-state index in [9.17, 15) is 24.0 Å². The average Bonchev–Trinajstić information content (AvgIpc) is 1.61. The summed E-state index contributed by atoms with van der Waals surface area (Å²) < 4.78 is 78.4. The molecule has 0 bridgehead atoms. The van der Waals surface area contributed by atoms with Crippen LogP contribution in [0.15, 0.2) is 133 Å². The Hall–Kier alpha value is -10.6. The lowest BCUT2D eigenvalue weighted by Crippen LogP contribution is -2.38. The monoisotopic (exact) mass is 1520 g/mol. The fourth-order valence-electron chi connectivity index (χ4n) is 13.0. The van der Waals surface area contributed by atoms with Crippen LogP contribution in [0.5, 0.6) is 51.7 Å².